The molecular weight excluding hydrogens is 422 g/mol. The average Bonchev–Trinajstić information content (AvgIpc) is 2.87. The van der Waals surface area contributed by atoms with Crippen LogP contribution in [0.15, 0.2) is 45.6 Å². The summed E-state index contributed by atoms with van der Waals surface area (Å²) < 4.78 is 28.4. The normalized spacial score (nSPS) is 14.3. The van der Waals surface area contributed by atoms with Crippen LogP contribution in [0.4, 0.5) is 0 Å². The predicted molar refractivity (Wildman–Crippen MR) is 128 cm³/mol. The molecule has 2 aromatic carbocycles. The topological polar surface area (TPSA) is 70.4 Å². The van der Waals surface area contributed by atoms with E-state index < -0.39 is 0 Å². The fraction of sp³-hybridized carbons (Fsp3) is 0.423. The van der Waals surface area contributed by atoms with E-state index >= 15 is 0 Å². The maximum Gasteiger partial charge on any atom is 0.235 e. The lowest BCUT2D eigenvalue weighted by atomic mass is 10.1. The molecule has 33 heavy (non-hydrogen) atoms. The molecule has 0 N–H and O–H groups in total. The number of rotatable bonds is 9. The van der Waals surface area contributed by atoms with Crippen molar-refractivity contribution in [2.45, 2.75) is 25.7 Å². The van der Waals surface area contributed by atoms with Gasteiger partial charge in [0.25, 0.3) is 0 Å². The second kappa shape index (κ2) is 10.6. The number of benzene rings is 2. The standard InChI is InChI=1S/C26H31NO6/c1-29-19-9-10-20-22(17-19)33-25(18-8-11-21(30-2)23(16-18)31-3)26(24(20)28)32-15-7-14-27-12-5-4-6-13-27/h8-11,16-17H,4-7,12-15H2,1-3H3. The van der Waals surface area contributed by atoms with Crippen LogP contribution in [-0.4, -0.2) is 52.5 Å². The van der Waals surface area contributed by atoms with E-state index in [1.54, 1.807) is 51.7 Å². The molecule has 0 spiro atoms. The molecule has 0 amide bonds. The number of methoxy groups -OCH3 is 3. The van der Waals surface area contributed by atoms with Gasteiger partial charge < -0.3 is 28.3 Å². The Bertz CT molecular complexity index is 1150. The summed E-state index contributed by atoms with van der Waals surface area (Å²) in [5.41, 5.74) is 0.895. The van der Waals surface area contributed by atoms with Crippen molar-refractivity contribution >= 4 is 11.0 Å². The molecular formula is C26H31NO6. The number of ether oxygens (including phenoxy) is 4. The smallest absolute Gasteiger partial charge is 0.235 e. The number of piperidine rings is 1. The molecule has 0 bridgehead atoms. The quantitative estimate of drug-likeness (QED) is 0.433. The minimum Gasteiger partial charge on any atom is -0.497 e. The minimum atomic E-state index is -0.207. The zero-order chi connectivity index (χ0) is 23.2. The van der Waals surface area contributed by atoms with Crippen LogP contribution in [0.2, 0.25) is 0 Å². The van der Waals surface area contributed by atoms with E-state index in [0.29, 0.717) is 46.1 Å². The highest BCUT2D eigenvalue weighted by Gasteiger charge is 2.20. The van der Waals surface area contributed by atoms with Crippen molar-refractivity contribution in [3.05, 3.63) is 46.6 Å². The molecule has 1 aromatic heterocycles. The van der Waals surface area contributed by atoms with Gasteiger partial charge in [-0.25, -0.2) is 0 Å². The molecule has 0 radical (unpaired) electrons. The first-order chi connectivity index (χ1) is 16.1. The Balaban J connectivity index is 1.68. The van der Waals surface area contributed by atoms with Crippen LogP contribution < -0.4 is 24.4 Å². The van der Waals surface area contributed by atoms with Crippen LogP contribution >= 0.6 is 0 Å². The molecule has 3 aromatic rings. The van der Waals surface area contributed by atoms with E-state index in [1.807, 2.05) is 6.07 Å². The van der Waals surface area contributed by atoms with Crippen molar-refractivity contribution in [1.82, 2.24) is 4.90 Å². The summed E-state index contributed by atoms with van der Waals surface area (Å²) >= 11 is 0. The largest absolute Gasteiger partial charge is 0.497 e. The van der Waals surface area contributed by atoms with Gasteiger partial charge >= 0.3 is 0 Å². The third-order valence-electron chi connectivity index (χ3n) is 6.02. The summed E-state index contributed by atoms with van der Waals surface area (Å²) in [5, 5.41) is 0.450. The molecule has 0 unspecified atom stereocenters. The van der Waals surface area contributed by atoms with Gasteiger partial charge in [0.1, 0.15) is 11.3 Å². The van der Waals surface area contributed by atoms with Crippen LogP contribution in [-0.2, 0) is 0 Å². The van der Waals surface area contributed by atoms with Gasteiger partial charge in [-0.2, -0.15) is 0 Å². The minimum absolute atomic E-state index is 0.207. The first-order valence-electron chi connectivity index (χ1n) is 11.4. The monoisotopic (exact) mass is 453 g/mol. The van der Waals surface area contributed by atoms with Crippen LogP contribution in [0, 0.1) is 0 Å². The van der Waals surface area contributed by atoms with Gasteiger partial charge in [0, 0.05) is 18.2 Å². The van der Waals surface area contributed by atoms with Crippen molar-refractivity contribution in [2.75, 3.05) is 47.6 Å². The molecule has 0 aliphatic carbocycles. The number of hydrogen-bond donors (Lipinski definition) is 0. The molecule has 176 valence electrons. The average molecular weight is 454 g/mol. The Morgan fingerprint density at radius 2 is 1.70 bits per heavy atom. The highest BCUT2D eigenvalue weighted by molar-refractivity contribution is 5.83. The number of hydrogen-bond acceptors (Lipinski definition) is 7. The molecule has 1 fully saturated rings. The predicted octanol–water partition coefficient (Wildman–Crippen LogP) is 4.74. The molecule has 2 heterocycles. The van der Waals surface area contributed by atoms with Gasteiger partial charge in [0.05, 0.1) is 33.3 Å². The van der Waals surface area contributed by atoms with Crippen LogP contribution in [0.3, 0.4) is 0 Å². The Hall–Kier alpha value is -3.19. The molecule has 1 aliphatic rings. The van der Waals surface area contributed by atoms with Gasteiger partial charge in [0.15, 0.2) is 17.3 Å². The van der Waals surface area contributed by atoms with Gasteiger partial charge in [-0.1, -0.05) is 6.42 Å². The first kappa shape index (κ1) is 23.0. The maximum atomic E-state index is 13.4. The zero-order valence-corrected chi connectivity index (χ0v) is 19.5. The Labute approximate surface area is 193 Å². The maximum absolute atomic E-state index is 13.4. The highest BCUT2D eigenvalue weighted by Crippen LogP contribution is 2.37. The van der Waals surface area contributed by atoms with Gasteiger partial charge in [-0.05, 0) is 62.7 Å². The number of likely N-dealkylation sites (tertiary alicyclic amines) is 1. The molecule has 0 atom stereocenters. The summed E-state index contributed by atoms with van der Waals surface area (Å²) in [6, 6.07) is 10.6. The first-order valence-corrected chi connectivity index (χ1v) is 11.4. The second-order valence-corrected chi connectivity index (χ2v) is 8.13. The van der Waals surface area contributed by atoms with E-state index in [4.69, 9.17) is 23.4 Å². The van der Waals surface area contributed by atoms with Gasteiger partial charge in [0.2, 0.25) is 11.2 Å². The molecule has 0 saturated carbocycles. The van der Waals surface area contributed by atoms with Gasteiger partial charge in [-0.3, -0.25) is 4.79 Å². The van der Waals surface area contributed by atoms with Crippen LogP contribution in [0.5, 0.6) is 23.0 Å². The Morgan fingerprint density at radius 1 is 0.909 bits per heavy atom. The molecule has 1 saturated heterocycles. The summed E-state index contributed by atoms with van der Waals surface area (Å²) in [7, 11) is 4.73. The Kier molecular flexibility index (Phi) is 7.40. The molecule has 7 nitrogen and oxygen atoms in total. The van der Waals surface area contributed by atoms with E-state index in [0.717, 1.165) is 26.1 Å². The SMILES string of the molecule is COc1ccc2c(=O)c(OCCCN3CCCCC3)c(-c3ccc(OC)c(OC)c3)oc2c1. The van der Waals surface area contributed by atoms with Crippen molar-refractivity contribution in [1.29, 1.82) is 0 Å². The third kappa shape index (κ3) is 5.09. The summed E-state index contributed by atoms with van der Waals surface area (Å²) in [4.78, 5) is 15.9. The van der Waals surface area contributed by atoms with E-state index in [-0.39, 0.29) is 11.2 Å². The lowest BCUT2D eigenvalue weighted by Crippen LogP contribution is -2.31. The van der Waals surface area contributed by atoms with Crippen molar-refractivity contribution in [3.63, 3.8) is 0 Å². The van der Waals surface area contributed by atoms with Crippen molar-refractivity contribution in [2.24, 2.45) is 0 Å². The third-order valence-corrected chi connectivity index (χ3v) is 6.02. The molecule has 7 heteroatoms. The van der Waals surface area contributed by atoms with Crippen molar-refractivity contribution in [3.8, 4) is 34.3 Å². The fourth-order valence-corrected chi connectivity index (χ4v) is 4.23. The second-order valence-electron chi connectivity index (χ2n) is 8.13. The molecule has 1 aliphatic heterocycles. The molecule has 4 rings (SSSR count). The van der Waals surface area contributed by atoms with E-state index in [9.17, 15) is 4.79 Å². The number of fused-ring (bicyclic) bond motifs is 1. The Morgan fingerprint density at radius 3 is 2.42 bits per heavy atom. The lowest BCUT2D eigenvalue weighted by molar-refractivity contribution is 0.204. The summed E-state index contributed by atoms with van der Waals surface area (Å²) in [6.45, 7) is 3.67. The highest BCUT2D eigenvalue weighted by atomic mass is 16.5. The van der Waals surface area contributed by atoms with E-state index in [1.165, 1.54) is 19.3 Å². The summed E-state index contributed by atoms with van der Waals surface area (Å²) in [6.07, 6.45) is 4.65. The zero-order valence-electron chi connectivity index (χ0n) is 19.5. The van der Waals surface area contributed by atoms with Crippen molar-refractivity contribution < 1.29 is 23.4 Å². The fourth-order valence-electron chi connectivity index (χ4n) is 4.23. The van der Waals surface area contributed by atoms with Crippen LogP contribution in [0.1, 0.15) is 25.7 Å². The van der Waals surface area contributed by atoms with E-state index in [2.05, 4.69) is 4.90 Å². The van der Waals surface area contributed by atoms with Gasteiger partial charge in [-0.15, -0.1) is 0 Å². The summed E-state index contributed by atoms with van der Waals surface area (Å²) in [5.74, 6) is 2.31. The number of nitrogens with zero attached hydrogens (tertiary/aromatic N) is 1. The lowest BCUT2D eigenvalue weighted by Gasteiger charge is -2.26. The van der Waals surface area contributed by atoms with Crippen LogP contribution in [0.25, 0.3) is 22.3 Å².